The molecule has 1 aliphatic heterocycles. The molecule has 24 heavy (non-hydrogen) atoms. The minimum absolute atomic E-state index is 0.0943. The number of amides is 1. The first-order valence-corrected chi connectivity index (χ1v) is 8.03. The van der Waals surface area contributed by atoms with Crippen LogP contribution >= 0.6 is 11.6 Å². The zero-order valence-corrected chi connectivity index (χ0v) is 14.1. The molecule has 134 valence electrons. The van der Waals surface area contributed by atoms with Gasteiger partial charge in [0.1, 0.15) is 6.17 Å². The summed E-state index contributed by atoms with van der Waals surface area (Å²) >= 11 is 5.79. The van der Waals surface area contributed by atoms with Gasteiger partial charge in [0.15, 0.2) is 0 Å². The summed E-state index contributed by atoms with van der Waals surface area (Å²) in [5.74, 6) is -0.667. The second-order valence-corrected chi connectivity index (χ2v) is 6.57. The number of nitrogens with zero attached hydrogens (tertiary/aromatic N) is 1. The third-order valence-corrected chi connectivity index (χ3v) is 4.47. The van der Waals surface area contributed by atoms with Gasteiger partial charge in [-0.2, -0.15) is 13.2 Å². The van der Waals surface area contributed by atoms with Crippen LogP contribution < -0.4 is 5.32 Å². The molecule has 0 aliphatic carbocycles. The summed E-state index contributed by atoms with van der Waals surface area (Å²) in [6.07, 6.45) is -5.34. The fraction of sp³-hybridized carbons (Fsp3) is 0.562. The zero-order valence-electron chi connectivity index (χ0n) is 13.3. The molecule has 1 saturated heterocycles. The smallest absolute Gasteiger partial charge is 0.346 e. The molecule has 2 rings (SSSR count). The number of alkyl halides is 4. The minimum atomic E-state index is -4.54. The number of hydrogen-bond donors (Lipinski definition) is 1. The third kappa shape index (κ3) is 4.39. The van der Waals surface area contributed by atoms with E-state index in [9.17, 15) is 22.4 Å². The van der Waals surface area contributed by atoms with E-state index in [4.69, 9.17) is 11.6 Å². The van der Waals surface area contributed by atoms with Crippen LogP contribution in [0.1, 0.15) is 36.2 Å². The number of likely N-dealkylation sites (tertiary alicyclic amines) is 1. The van der Waals surface area contributed by atoms with E-state index >= 15 is 0 Å². The van der Waals surface area contributed by atoms with Crippen LogP contribution in [0, 0.1) is 0 Å². The van der Waals surface area contributed by atoms with Gasteiger partial charge in [0.2, 0.25) is 0 Å². The van der Waals surface area contributed by atoms with Gasteiger partial charge in [-0.3, -0.25) is 9.69 Å². The van der Waals surface area contributed by atoms with Gasteiger partial charge >= 0.3 is 6.18 Å². The van der Waals surface area contributed by atoms with Crippen LogP contribution in [0.25, 0.3) is 0 Å². The van der Waals surface area contributed by atoms with Gasteiger partial charge in [0, 0.05) is 19.1 Å². The molecule has 1 fully saturated rings. The van der Waals surface area contributed by atoms with E-state index < -0.39 is 29.9 Å². The molecule has 0 saturated carbocycles. The molecule has 1 aromatic carbocycles. The quantitative estimate of drug-likeness (QED) is 0.823. The first-order chi connectivity index (χ1) is 11.1. The average Bonchev–Trinajstić information content (AvgIpc) is 2.47. The van der Waals surface area contributed by atoms with Crippen LogP contribution in [0.5, 0.6) is 0 Å². The Morgan fingerprint density at radius 1 is 1.38 bits per heavy atom. The maximum Gasteiger partial charge on any atom is 0.416 e. The van der Waals surface area contributed by atoms with Gasteiger partial charge in [-0.25, -0.2) is 4.39 Å². The van der Waals surface area contributed by atoms with Gasteiger partial charge in [0.05, 0.1) is 22.2 Å². The van der Waals surface area contributed by atoms with E-state index in [1.807, 2.05) is 18.7 Å². The number of piperidine rings is 1. The van der Waals surface area contributed by atoms with E-state index in [0.717, 1.165) is 12.1 Å². The summed E-state index contributed by atoms with van der Waals surface area (Å²) in [6, 6.07) is 2.03. The highest BCUT2D eigenvalue weighted by Crippen LogP contribution is 2.32. The highest BCUT2D eigenvalue weighted by Gasteiger charge is 2.33. The Morgan fingerprint density at radius 3 is 2.54 bits per heavy atom. The van der Waals surface area contributed by atoms with Crippen molar-refractivity contribution in [2.75, 3.05) is 13.1 Å². The van der Waals surface area contributed by atoms with Gasteiger partial charge in [0.25, 0.3) is 5.91 Å². The predicted octanol–water partition coefficient (Wildman–Crippen LogP) is 3.91. The van der Waals surface area contributed by atoms with Crippen LogP contribution in [0.15, 0.2) is 18.2 Å². The van der Waals surface area contributed by atoms with Gasteiger partial charge in [-0.05, 0) is 38.5 Å². The normalized spacial score (nSPS) is 22.7. The first kappa shape index (κ1) is 19.0. The lowest BCUT2D eigenvalue weighted by Gasteiger charge is -2.37. The number of benzene rings is 1. The molecule has 0 bridgehead atoms. The van der Waals surface area contributed by atoms with Gasteiger partial charge < -0.3 is 5.32 Å². The second-order valence-electron chi connectivity index (χ2n) is 6.17. The van der Waals surface area contributed by atoms with E-state index in [-0.39, 0.29) is 23.2 Å². The number of carbonyl (C=O) groups excluding carboxylic acids is 1. The lowest BCUT2D eigenvalue weighted by molar-refractivity contribution is -0.137. The molecule has 0 spiro atoms. The van der Waals surface area contributed by atoms with Crippen molar-refractivity contribution in [1.29, 1.82) is 0 Å². The molecule has 0 aromatic heterocycles. The Kier molecular flexibility index (Phi) is 5.75. The Balaban J connectivity index is 2.05. The molecule has 1 amide bonds. The number of halogens is 5. The van der Waals surface area contributed by atoms with Crippen molar-refractivity contribution in [3.05, 3.63) is 34.3 Å². The maximum absolute atomic E-state index is 14.2. The Hall–Kier alpha value is -1.34. The highest BCUT2D eigenvalue weighted by atomic mass is 35.5. The fourth-order valence-electron chi connectivity index (χ4n) is 2.68. The third-order valence-electron chi connectivity index (χ3n) is 4.16. The van der Waals surface area contributed by atoms with Crippen LogP contribution in [0.4, 0.5) is 17.6 Å². The molecule has 8 heteroatoms. The van der Waals surface area contributed by atoms with Crippen LogP contribution in [0.2, 0.25) is 5.02 Å². The topological polar surface area (TPSA) is 32.3 Å². The number of carbonyl (C=O) groups is 1. The Morgan fingerprint density at radius 2 is 2.04 bits per heavy atom. The molecule has 0 radical (unpaired) electrons. The lowest BCUT2D eigenvalue weighted by Crippen LogP contribution is -2.53. The Labute approximate surface area is 143 Å². The number of rotatable bonds is 3. The summed E-state index contributed by atoms with van der Waals surface area (Å²) in [5.41, 5.74) is -1.03. The zero-order chi connectivity index (χ0) is 18.1. The fourth-order valence-corrected chi connectivity index (χ4v) is 2.95. The van der Waals surface area contributed by atoms with Gasteiger partial charge in [-0.15, -0.1) is 0 Å². The standard InChI is InChI=1S/C16H19ClF4N2O/c1-9(2)23-6-5-14(13(18)8-23)22-15(24)11-4-3-10(7-12(11)17)16(19,20)21/h3-4,7,9,13-14H,5-6,8H2,1-2H3,(H,22,24)/t13-,14+/m0/s1. The monoisotopic (exact) mass is 366 g/mol. The highest BCUT2D eigenvalue weighted by molar-refractivity contribution is 6.33. The first-order valence-electron chi connectivity index (χ1n) is 7.65. The summed E-state index contributed by atoms with van der Waals surface area (Å²) in [6.45, 7) is 4.79. The number of hydrogen-bond acceptors (Lipinski definition) is 2. The molecule has 0 unspecified atom stereocenters. The minimum Gasteiger partial charge on any atom is -0.346 e. The number of nitrogens with one attached hydrogen (secondary N) is 1. The van der Waals surface area contributed by atoms with Crippen molar-refractivity contribution in [3.63, 3.8) is 0 Å². The second kappa shape index (κ2) is 7.27. The molecular formula is C16H19ClF4N2O. The van der Waals surface area contributed by atoms with E-state index in [0.29, 0.717) is 19.0 Å². The molecule has 3 nitrogen and oxygen atoms in total. The van der Waals surface area contributed by atoms with Crippen LogP contribution in [0.3, 0.4) is 0 Å². The van der Waals surface area contributed by atoms with Crippen LogP contribution in [-0.4, -0.2) is 42.2 Å². The Bertz CT molecular complexity index is 606. The van der Waals surface area contributed by atoms with Gasteiger partial charge in [-0.1, -0.05) is 11.6 Å². The lowest BCUT2D eigenvalue weighted by atomic mass is 10.0. The van der Waals surface area contributed by atoms with Crippen molar-refractivity contribution in [1.82, 2.24) is 10.2 Å². The van der Waals surface area contributed by atoms with Crippen molar-refractivity contribution < 1.29 is 22.4 Å². The molecule has 1 N–H and O–H groups in total. The van der Waals surface area contributed by atoms with Crippen molar-refractivity contribution in [3.8, 4) is 0 Å². The summed E-state index contributed by atoms with van der Waals surface area (Å²) in [7, 11) is 0. The van der Waals surface area contributed by atoms with Crippen molar-refractivity contribution >= 4 is 17.5 Å². The summed E-state index contributed by atoms with van der Waals surface area (Å²) in [4.78, 5) is 14.2. The molecule has 1 heterocycles. The van der Waals surface area contributed by atoms with E-state index in [1.54, 1.807) is 0 Å². The maximum atomic E-state index is 14.2. The predicted molar refractivity (Wildman–Crippen MR) is 83.9 cm³/mol. The largest absolute Gasteiger partial charge is 0.416 e. The average molecular weight is 367 g/mol. The summed E-state index contributed by atoms with van der Waals surface area (Å²) < 4.78 is 52.1. The summed E-state index contributed by atoms with van der Waals surface area (Å²) in [5, 5.41) is 2.23. The van der Waals surface area contributed by atoms with E-state index in [2.05, 4.69) is 5.32 Å². The van der Waals surface area contributed by atoms with Crippen molar-refractivity contribution in [2.24, 2.45) is 0 Å². The molecule has 2 atom stereocenters. The van der Waals surface area contributed by atoms with Crippen molar-refractivity contribution in [2.45, 2.75) is 44.7 Å². The van der Waals surface area contributed by atoms with Crippen LogP contribution in [-0.2, 0) is 6.18 Å². The molecule has 1 aromatic rings. The molecular weight excluding hydrogens is 348 g/mol. The molecule has 1 aliphatic rings. The van der Waals surface area contributed by atoms with E-state index in [1.165, 1.54) is 0 Å². The SMILES string of the molecule is CC(C)N1CC[C@@H](NC(=O)c2ccc(C(F)(F)F)cc2Cl)[C@@H](F)C1.